The predicted molar refractivity (Wildman–Crippen MR) is 76.4 cm³/mol. The maximum atomic E-state index is 12.5. The fourth-order valence-corrected chi connectivity index (χ4v) is 4.96. The van der Waals surface area contributed by atoms with E-state index in [0.717, 1.165) is 5.56 Å². The number of aryl methyl sites for hydroxylation is 1. The lowest BCUT2D eigenvalue weighted by molar-refractivity contribution is 0.593. The van der Waals surface area contributed by atoms with Crippen molar-refractivity contribution in [3.05, 3.63) is 45.4 Å². The topological polar surface area (TPSA) is 54.5 Å². The third-order valence-electron chi connectivity index (χ3n) is 3.23. The van der Waals surface area contributed by atoms with Crippen LogP contribution in [0.15, 0.2) is 39.3 Å². The Hall–Kier alpha value is -1.66. The van der Waals surface area contributed by atoms with E-state index in [2.05, 4.69) is 0 Å². The highest BCUT2D eigenvalue weighted by Gasteiger charge is 2.35. The van der Waals surface area contributed by atoms with Gasteiger partial charge in [-0.05, 0) is 18.4 Å². The monoisotopic (exact) mass is 293 g/mol. The average molecular weight is 293 g/mol. The van der Waals surface area contributed by atoms with Gasteiger partial charge in [-0.15, -0.1) is 11.3 Å². The number of para-hydroxylation sites is 1. The van der Waals surface area contributed by atoms with E-state index in [1.54, 1.807) is 24.4 Å². The van der Waals surface area contributed by atoms with Crippen molar-refractivity contribution in [1.29, 1.82) is 0 Å². The number of benzene rings is 1. The largest absolute Gasteiger partial charge is 0.288 e. The van der Waals surface area contributed by atoms with Crippen LogP contribution in [0.25, 0.3) is 10.4 Å². The molecule has 2 aromatic rings. The molecule has 0 bridgehead atoms. The van der Waals surface area contributed by atoms with Gasteiger partial charge in [0.1, 0.15) is 0 Å². The van der Waals surface area contributed by atoms with Crippen molar-refractivity contribution < 1.29 is 8.42 Å². The van der Waals surface area contributed by atoms with Gasteiger partial charge in [0.15, 0.2) is 4.90 Å². The number of hydrogen-bond donors (Lipinski definition) is 0. The summed E-state index contributed by atoms with van der Waals surface area (Å²) in [7, 11) is -2.28. The molecule has 0 amide bonds. The number of rotatable bonds is 0. The Morgan fingerprint density at radius 3 is 2.63 bits per heavy atom. The van der Waals surface area contributed by atoms with Gasteiger partial charge in [-0.2, -0.15) is 0 Å². The van der Waals surface area contributed by atoms with E-state index in [1.807, 2.05) is 12.1 Å². The summed E-state index contributed by atoms with van der Waals surface area (Å²) >= 11 is 1.30. The van der Waals surface area contributed by atoms with Crippen molar-refractivity contribution in [3.63, 3.8) is 0 Å². The Labute approximate surface area is 115 Å². The Kier molecular flexibility index (Phi) is 2.55. The first-order chi connectivity index (χ1) is 8.94. The SMILES string of the molecule is Cc1csc2c(c1=O)S(=O)(=O)N(C)c1ccccc1-2. The molecule has 0 aliphatic carbocycles. The van der Waals surface area contributed by atoms with Crippen molar-refractivity contribution >= 4 is 27.0 Å². The van der Waals surface area contributed by atoms with Gasteiger partial charge < -0.3 is 0 Å². The molecule has 2 heterocycles. The average Bonchev–Trinajstić information content (AvgIpc) is 2.39. The van der Waals surface area contributed by atoms with Crippen molar-refractivity contribution in [2.45, 2.75) is 11.8 Å². The summed E-state index contributed by atoms with van der Waals surface area (Å²) < 4.78 is 26.1. The number of anilines is 1. The van der Waals surface area contributed by atoms with Gasteiger partial charge in [0, 0.05) is 18.2 Å². The van der Waals surface area contributed by atoms with Crippen LogP contribution in [0.4, 0.5) is 5.69 Å². The van der Waals surface area contributed by atoms with Crippen LogP contribution >= 0.6 is 11.3 Å². The molecule has 0 atom stereocenters. The first-order valence-electron chi connectivity index (χ1n) is 5.65. The lowest BCUT2D eigenvalue weighted by Gasteiger charge is -2.28. The van der Waals surface area contributed by atoms with Crippen molar-refractivity contribution in [2.24, 2.45) is 0 Å². The highest BCUT2D eigenvalue weighted by molar-refractivity contribution is 7.93. The standard InChI is InChI=1S/C13H11NO3S2/c1-8-7-18-12-9-5-3-4-6-10(9)14(2)19(16,17)13(12)11(8)15/h3-7H,1-2H3. The minimum atomic E-state index is -3.76. The third kappa shape index (κ3) is 1.56. The molecule has 0 saturated heterocycles. The first kappa shape index (κ1) is 12.4. The smallest absolute Gasteiger partial charge is 0.269 e. The van der Waals surface area contributed by atoms with Gasteiger partial charge in [-0.25, -0.2) is 8.42 Å². The molecule has 0 N–H and O–H groups in total. The van der Waals surface area contributed by atoms with E-state index >= 15 is 0 Å². The number of nitrogens with zero attached hydrogens (tertiary/aromatic N) is 1. The molecule has 0 saturated carbocycles. The van der Waals surface area contributed by atoms with Crippen LogP contribution < -0.4 is 9.73 Å². The molecule has 0 fully saturated rings. The molecule has 19 heavy (non-hydrogen) atoms. The van der Waals surface area contributed by atoms with Gasteiger partial charge in [0.05, 0.1) is 10.6 Å². The van der Waals surface area contributed by atoms with E-state index < -0.39 is 15.5 Å². The van der Waals surface area contributed by atoms with E-state index in [9.17, 15) is 13.2 Å². The first-order valence-corrected chi connectivity index (χ1v) is 7.97. The molecule has 0 spiro atoms. The summed E-state index contributed by atoms with van der Waals surface area (Å²) in [5.74, 6) is 0. The second-order valence-corrected chi connectivity index (χ2v) is 7.18. The molecule has 0 unspecified atom stereocenters. The number of hydrogen-bond acceptors (Lipinski definition) is 4. The molecular formula is C13H11NO3S2. The van der Waals surface area contributed by atoms with Crippen LogP contribution in [0, 0.1) is 6.92 Å². The Morgan fingerprint density at radius 1 is 1.21 bits per heavy atom. The van der Waals surface area contributed by atoms with Gasteiger partial charge in [0.25, 0.3) is 10.0 Å². The van der Waals surface area contributed by atoms with Crippen LogP contribution in [-0.4, -0.2) is 15.5 Å². The summed E-state index contributed by atoms with van der Waals surface area (Å²) in [6, 6.07) is 7.20. The van der Waals surface area contributed by atoms with E-state index in [4.69, 9.17) is 0 Å². The highest BCUT2D eigenvalue weighted by atomic mass is 32.2. The Balaban J connectivity index is 2.54. The minimum absolute atomic E-state index is 0.0984. The van der Waals surface area contributed by atoms with Crippen LogP contribution in [0.3, 0.4) is 0 Å². The summed E-state index contributed by atoms with van der Waals surface area (Å²) in [6.45, 7) is 1.63. The summed E-state index contributed by atoms with van der Waals surface area (Å²) in [5.41, 5.74) is 1.45. The van der Waals surface area contributed by atoms with Gasteiger partial charge in [-0.1, -0.05) is 18.2 Å². The van der Waals surface area contributed by atoms with Gasteiger partial charge >= 0.3 is 0 Å². The zero-order chi connectivity index (χ0) is 13.8. The van der Waals surface area contributed by atoms with E-state index in [-0.39, 0.29) is 4.90 Å². The second kappa shape index (κ2) is 3.91. The lowest BCUT2D eigenvalue weighted by atomic mass is 10.1. The maximum absolute atomic E-state index is 12.5. The fraction of sp³-hybridized carbons (Fsp3) is 0.154. The zero-order valence-electron chi connectivity index (χ0n) is 10.4. The quantitative estimate of drug-likeness (QED) is 0.748. The van der Waals surface area contributed by atoms with Gasteiger partial charge in [-0.3, -0.25) is 9.10 Å². The number of fused-ring (bicyclic) bond motifs is 3. The number of sulfonamides is 1. The minimum Gasteiger partial charge on any atom is -0.288 e. The Morgan fingerprint density at radius 2 is 1.89 bits per heavy atom. The molecule has 1 aliphatic rings. The Bertz CT molecular complexity index is 837. The van der Waals surface area contributed by atoms with E-state index in [0.29, 0.717) is 16.1 Å². The molecule has 6 heteroatoms. The van der Waals surface area contributed by atoms with Crippen molar-refractivity contribution in [1.82, 2.24) is 0 Å². The third-order valence-corrected chi connectivity index (χ3v) is 6.31. The summed E-state index contributed by atoms with van der Waals surface area (Å²) in [5, 5.41) is 1.71. The summed E-state index contributed by atoms with van der Waals surface area (Å²) in [6.07, 6.45) is 0. The molecule has 1 aromatic heterocycles. The molecule has 0 radical (unpaired) electrons. The van der Waals surface area contributed by atoms with E-state index in [1.165, 1.54) is 22.7 Å². The molecular weight excluding hydrogens is 282 g/mol. The van der Waals surface area contributed by atoms with Crippen LogP contribution in [0.2, 0.25) is 0 Å². The fourth-order valence-electron chi connectivity index (χ4n) is 2.16. The lowest BCUT2D eigenvalue weighted by Crippen LogP contribution is -2.34. The normalized spacial score (nSPS) is 15.8. The van der Waals surface area contributed by atoms with Crippen molar-refractivity contribution in [3.8, 4) is 10.4 Å². The van der Waals surface area contributed by atoms with Crippen LogP contribution in [0.1, 0.15) is 5.56 Å². The molecule has 4 nitrogen and oxygen atoms in total. The van der Waals surface area contributed by atoms with Crippen LogP contribution in [-0.2, 0) is 10.0 Å². The molecule has 3 rings (SSSR count). The zero-order valence-corrected chi connectivity index (χ0v) is 12.0. The van der Waals surface area contributed by atoms with Crippen LogP contribution in [0.5, 0.6) is 0 Å². The molecule has 1 aliphatic heterocycles. The van der Waals surface area contributed by atoms with Gasteiger partial charge in [0.2, 0.25) is 5.43 Å². The van der Waals surface area contributed by atoms with Crippen molar-refractivity contribution in [2.75, 3.05) is 11.4 Å². The highest BCUT2D eigenvalue weighted by Crippen LogP contribution is 2.42. The maximum Gasteiger partial charge on any atom is 0.269 e. The molecule has 98 valence electrons. The predicted octanol–water partition coefficient (Wildman–Crippen LogP) is 2.22. The molecule has 1 aromatic carbocycles. The summed E-state index contributed by atoms with van der Waals surface area (Å²) in [4.78, 5) is 12.6. The second-order valence-electron chi connectivity index (χ2n) is 4.40.